The molecule has 30 heavy (non-hydrogen) atoms. The summed E-state index contributed by atoms with van der Waals surface area (Å²) < 4.78 is 16.1. The molecule has 0 bridgehead atoms. The van der Waals surface area contributed by atoms with Crippen molar-refractivity contribution in [3.05, 3.63) is 53.6 Å². The summed E-state index contributed by atoms with van der Waals surface area (Å²) in [6.07, 6.45) is 0. The molecule has 1 saturated heterocycles. The maximum Gasteiger partial charge on any atom is 0.255 e. The molecule has 0 aromatic heterocycles. The van der Waals surface area contributed by atoms with Crippen LogP contribution in [0.3, 0.4) is 0 Å². The summed E-state index contributed by atoms with van der Waals surface area (Å²) in [5, 5.41) is 3.11. The Morgan fingerprint density at radius 2 is 1.80 bits per heavy atom. The van der Waals surface area contributed by atoms with Gasteiger partial charge in [-0.3, -0.25) is 4.79 Å². The van der Waals surface area contributed by atoms with Crippen LogP contribution in [0, 0.1) is 0 Å². The average Bonchev–Trinajstić information content (AvgIpc) is 2.79. The van der Waals surface area contributed by atoms with Gasteiger partial charge in [0.05, 0.1) is 39.5 Å². The van der Waals surface area contributed by atoms with Crippen LogP contribution in [0.1, 0.15) is 22.0 Å². The molecular formula is C23H32N3O4+. The van der Waals surface area contributed by atoms with Gasteiger partial charge in [0.25, 0.3) is 5.91 Å². The number of carbonyl (C=O) groups excluding carboxylic acids is 1. The van der Waals surface area contributed by atoms with E-state index in [1.165, 1.54) is 10.5 Å². The van der Waals surface area contributed by atoms with Gasteiger partial charge in [-0.05, 0) is 24.3 Å². The molecule has 162 valence electrons. The number of amides is 1. The number of nitrogens with zero attached hydrogens (tertiary/aromatic N) is 1. The summed E-state index contributed by atoms with van der Waals surface area (Å²) in [5.41, 5.74) is 2.86. The second kappa shape index (κ2) is 10.3. The van der Waals surface area contributed by atoms with Gasteiger partial charge >= 0.3 is 0 Å². The molecule has 2 aromatic rings. The number of hydrogen-bond acceptors (Lipinski definition) is 5. The zero-order chi connectivity index (χ0) is 21.5. The summed E-state index contributed by atoms with van der Waals surface area (Å²) in [5.74, 6) is 0.995. The minimum Gasteiger partial charge on any atom is -0.497 e. The summed E-state index contributed by atoms with van der Waals surface area (Å²) >= 11 is 0. The molecule has 2 N–H and O–H groups in total. The quantitative estimate of drug-likeness (QED) is 0.679. The number of methoxy groups -OCH3 is 2. The van der Waals surface area contributed by atoms with Crippen molar-refractivity contribution in [1.82, 2.24) is 5.32 Å². The topological polar surface area (TPSA) is 64.5 Å². The van der Waals surface area contributed by atoms with Crippen LogP contribution in [0.15, 0.2) is 42.5 Å². The van der Waals surface area contributed by atoms with E-state index in [9.17, 15) is 4.79 Å². The van der Waals surface area contributed by atoms with Crippen molar-refractivity contribution < 1.29 is 23.9 Å². The van der Waals surface area contributed by atoms with E-state index < -0.39 is 0 Å². The van der Waals surface area contributed by atoms with E-state index in [4.69, 9.17) is 14.2 Å². The summed E-state index contributed by atoms with van der Waals surface area (Å²) in [6.45, 7) is 3.85. The lowest BCUT2D eigenvalue weighted by molar-refractivity contribution is -0.937. The number of ether oxygens (including phenoxy) is 3. The number of carbonyl (C=O) groups is 1. The molecule has 0 aliphatic carbocycles. The number of anilines is 1. The predicted molar refractivity (Wildman–Crippen MR) is 117 cm³/mol. The zero-order valence-corrected chi connectivity index (χ0v) is 18.2. The maximum absolute atomic E-state index is 12.9. The third kappa shape index (κ3) is 5.23. The first-order chi connectivity index (χ1) is 14.5. The highest BCUT2D eigenvalue weighted by molar-refractivity contribution is 5.97. The fraction of sp³-hybridized carbons (Fsp3) is 0.435. The minimum absolute atomic E-state index is 0.151. The fourth-order valence-electron chi connectivity index (χ4n) is 3.76. The van der Waals surface area contributed by atoms with Crippen molar-refractivity contribution in [1.29, 1.82) is 0 Å². The molecule has 1 amide bonds. The Morgan fingerprint density at radius 1 is 1.10 bits per heavy atom. The first-order valence-electron chi connectivity index (χ1n) is 10.2. The summed E-state index contributed by atoms with van der Waals surface area (Å²) in [7, 11) is 7.20. The number of benzene rings is 2. The lowest BCUT2D eigenvalue weighted by atomic mass is 10.0. The monoisotopic (exact) mass is 414 g/mol. The predicted octanol–water partition coefficient (Wildman–Crippen LogP) is 1.16. The van der Waals surface area contributed by atoms with E-state index in [0.29, 0.717) is 23.6 Å². The van der Waals surface area contributed by atoms with Crippen LogP contribution < -0.4 is 24.6 Å². The van der Waals surface area contributed by atoms with Crippen LogP contribution in [0.25, 0.3) is 0 Å². The second-order valence-corrected chi connectivity index (χ2v) is 7.59. The maximum atomic E-state index is 12.9. The molecule has 7 heteroatoms. The lowest BCUT2D eigenvalue weighted by Gasteiger charge is -2.32. The number of rotatable bonds is 8. The Kier molecular flexibility index (Phi) is 7.54. The van der Waals surface area contributed by atoms with Crippen molar-refractivity contribution in [2.24, 2.45) is 0 Å². The van der Waals surface area contributed by atoms with Gasteiger partial charge in [-0.1, -0.05) is 12.1 Å². The minimum atomic E-state index is -0.155. The SMILES string of the molecule is COc1ccc(C(=O)NC[C@H](c2ccc(N(C)C)cc2)[NH+]2CCOCC2)c(OC)c1. The van der Waals surface area contributed by atoms with Crippen molar-refractivity contribution in [2.75, 3.05) is 66.1 Å². The first-order valence-corrected chi connectivity index (χ1v) is 10.2. The molecule has 0 spiro atoms. The van der Waals surface area contributed by atoms with E-state index in [1.807, 2.05) is 14.1 Å². The molecule has 0 radical (unpaired) electrons. The highest BCUT2D eigenvalue weighted by atomic mass is 16.5. The Morgan fingerprint density at radius 3 is 2.40 bits per heavy atom. The average molecular weight is 415 g/mol. The molecular weight excluding hydrogens is 382 g/mol. The molecule has 1 aliphatic rings. The van der Waals surface area contributed by atoms with E-state index in [1.54, 1.807) is 32.4 Å². The van der Waals surface area contributed by atoms with E-state index in [0.717, 1.165) is 32.0 Å². The lowest BCUT2D eigenvalue weighted by Crippen LogP contribution is -3.15. The van der Waals surface area contributed by atoms with Crippen molar-refractivity contribution >= 4 is 11.6 Å². The standard InChI is InChI=1S/C23H31N3O4/c1-25(2)18-7-5-17(6-8-18)21(26-11-13-30-14-12-26)16-24-23(27)20-10-9-19(28-3)15-22(20)29-4/h5-10,15,21H,11-14,16H2,1-4H3,(H,24,27)/p+1/t21-/m1/s1. The number of nitrogens with one attached hydrogen (secondary N) is 2. The van der Waals surface area contributed by atoms with Gasteiger partial charge in [0.1, 0.15) is 30.6 Å². The molecule has 2 aromatic carbocycles. The highest BCUT2D eigenvalue weighted by Crippen LogP contribution is 2.24. The fourth-order valence-corrected chi connectivity index (χ4v) is 3.76. The molecule has 0 saturated carbocycles. The number of quaternary nitrogens is 1. The van der Waals surface area contributed by atoms with E-state index >= 15 is 0 Å². The molecule has 1 atom stereocenters. The Balaban J connectivity index is 1.77. The summed E-state index contributed by atoms with van der Waals surface area (Å²) in [4.78, 5) is 16.4. The van der Waals surface area contributed by atoms with Gasteiger partial charge in [-0.25, -0.2) is 0 Å². The van der Waals surface area contributed by atoms with Crippen LogP contribution in [0.2, 0.25) is 0 Å². The largest absolute Gasteiger partial charge is 0.497 e. The van der Waals surface area contributed by atoms with Gasteiger partial charge in [0.2, 0.25) is 0 Å². The third-order valence-electron chi connectivity index (χ3n) is 5.56. The van der Waals surface area contributed by atoms with Gasteiger partial charge in [0.15, 0.2) is 0 Å². The Labute approximate surface area is 178 Å². The van der Waals surface area contributed by atoms with Crippen LogP contribution >= 0.6 is 0 Å². The Bertz CT molecular complexity index is 833. The second-order valence-electron chi connectivity index (χ2n) is 7.59. The van der Waals surface area contributed by atoms with Crippen LogP contribution in [-0.4, -0.2) is 67.1 Å². The normalized spacial score (nSPS) is 15.3. The first kappa shape index (κ1) is 21.9. The number of morpholine rings is 1. The third-order valence-corrected chi connectivity index (χ3v) is 5.56. The molecule has 1 fully saturated rings. The molecule has 3 rings (SSSR count). The van der Waals surface area contributed by atoms with Crippen LogP contribution in [0.5, 0.6) is 11.5 Å². The van der Waals surface area contributed by atoms with Crippen molar-refractivity contribution in [2.45, 2.75) is 6.04 Å². The Hall–Kier alpha value is -2.77. The van der Waals surface area contributed by atoms with Gasteiger partial charge in [-0.15, -0.1) is 0 Å². The van der Waals surface area contributed by atoms with Gasteiger partial charge in [0, 0.05) is 31.4 Å². The molecule has 0 unspecified atom stereocenters. The highest BCUT2D eigenvalue weighted by Gasteiger charge is 2.27. The van der Waals surface area contributed by atoms with Crippen molar-refractivity contribution in [3.8, 4) is 11.5 Å². The van der Waals surface area contributed by atoms with Crippen molar-refractivity contribution in [3.63, 3.8) is 0 Å². The van der Waals surface area contributed by atoms with E-state index in [2.05, 4.69) is 34.5 Å². The zero-order valence-electron chi connectivity index (χ0n) is 18.2. The van der Waals surface area contributed by atoms with Gasteiger partial charge in [-0.2, -0.15) is 0 Å². The smallest absolute Gasteiger partial charge is 0.255 e. The van der Waals surface area contributed by atoms with Crippen LogP contribution in [0.4, 0.5) is 5.69 Å². The number of hydrogen-bond donors (Lipinski definition) is 2. The van der Waals surface area contributed by atoms with Gasteiger partial charge < -0.3 is 29.3 Å². The molecule has 1 aliphatic heterocycles. The van der Waals surface area contributed by atoms with Crippen LogP contribution in [-0.2, 0) is 4.74 Å². The molecule has 7 nitrogen and oxygen atoms in total. The molecule has 1 heterocycles. The van der Waals surface area contributed by atoms with E-state index in [-0.39, 0.29) is 11.9 Å². The summed E-state index contributed by atoms with van der Waals surface area (Å²) in [6, 6.07) is 13.9.